The molecule has 1 saturated heterocycles. The molecule has 5 heteroatoms. The van der Waals surface area contributed by atoms with E-state index in [4.69, 9.17) is 4.74 Å². The molecule has 0 aromatic carbocycles. The second-order valence-electron chi connectivity index (χ2n) is 4.43. The number of pyridine rings is 1. The topological polar surface area (TPSA) is 42.4 Å². The maximum atomic E-state index is 12.4. The van der Waals surface area contributed by atoms with Gasteiger partial charge in [-0.3, -0.25) is 4.79 Å². The highest BCUT2D eigenvalue weighted by molar-refractivity contribution is 7.99. The van der Waals surface area contributed by atoms with Crippen molar-refractivity contribution in [3.63, 3.8) is 0 Å². The van der Waals surface area contributed by atoms with Gasteiger partial charge in [-0.25, -0.2) is 4.98 Å². The maximum absolute atomic E-state index is 12.4. The molecule has 2 heterocycles. The predicted octanol–water partition coefficient (Wildman–Crippen LogP) is 2.05. The zero-order valence-corrected chi connectivity index (χ0v) is 11.6. The van der Waals surface area contributed by atoms with Crippen molar-refractivity contribution < 1.29 is 9.53 Å². The number of carbonyl (C=O) groups excluding carboxylic acids is 1. The molecular weight excluding hydrogens is 248 g/mol. The highest BCUT2D eigenvalue weighted by Gasteiger charge is 2.21. The van der Waals surface area contributed by atoms with Crippen molar-refractivity contribution in [3.8, 4) is 0 Å². The molecular formula is C13H18N2O2S. The lowest BCUT2D eigenvalue weighted by Gasteiger charge is -2.27. The fourth-order valence-corrected chi connectivity index (χ4v) is 2.66. The quantitative estimate of drug-likeness (QED) is 0.785. The number of rotatable bonds is 3. The highest BCUT2D eigenvalue weighted by Crippen LogP contribution is 2.25. The number of ether oxygens (including phenoxy) is 1. The van der Waals surface area contributed by atoms with Gasteiger partial charge in [-0.15, -0.1) is 11.8 Å². The van der Waals surface area contributed by atoms with Crippen LogP contribution in [-0.2, 0) is 4.74 Å². The molecule has 0 aliphatic carbocycles. The van der Waals surface area contributed by atoms with Crippen LogP contribution in [0.3, 0.4) is 0 Å². The summed E-state index contributed by atoms with van der Waals surface area (Å²) >= 11 is 1.63. The molecule has 18 heavy (non-hydrogen) atoms. The standard InChI is InChI=1S/C13H18N2O2S/c1-10(2)18-12-11(4-3-5-14-12)13(16)15-6-8-17-9-7-15/h3-5,10H,6-9H2,1-2H3. The minimum atomic E-state index is 0.0644. The van der Waals surface area contributed by atoms with Crippen molar-refractivity contribution >= 4 is 17.7 Å². The largest absolute Gasteiger partial charge is 0.378 e. The first-order valence-corrected chi connectivity index (χ1v) is 7.05. The van der Waals surface area contributed by atoms with E-state index in [1.807, 2.05) is 17.0 Å². The van der Waals surface area contributed by atoms with E-state index >= 15 is 0 Å². The molecule has 1 aliphatic heterocycles. The number of hydrogen-bond donors (Lipinski definition) is 0. The summed E-state index contributed by atoms with van der Waals surface area (Å²) < 4.78 is 5.27. The Balaban J connectivity index is 2.18. The molecule has 0 N–H and O–H groups in total. The van der Waals surface area contributed by atoms with Crippen molar-refractivity contribution in [2.75, 3.05) is 26.3 Å². The van der Waals surface area contributed by atoms with Crippen LogP contribution in [-0.4, -0.2) is 47.3 Å². The Labute approximate surface area is 112 Å². The van der Waals surface area contributed by atoms with Crippen molar-refractivity contribution in [2.45, 2.75) is 24.1 Å². The summed E-state index contributed by atoms with van der Waals surface area (Å²) in [5, 5.41) is 1.24. The van der Waals surface area contributed by atoms with Crippen molar-refractivity contribution in [2.24, 2.45) is 0 Å². The van der Waals surface area contributed by atoms with E-state index in [0.717, 1.165) is 5.03 Å². The third kappa shape index (κ3) is 3.23. The Kier molecular flexibility index (Phi) is 4.60. The minimum absolute atomic E-state index is 0.0644. The molecule has 2 rings (SSSR count). The molecule has 1 fully saturated rings. The highest BCUT2D eigenvalue weighted by atomic mass is 32.2. The molecule has 0 saturated carbocycles. The third-order valence-corrected chi connectivity index (χ3v) is 3.67. The van der Waals surface area contributed by atoms with Crippen LogP contribution in [0.2, 0.25) is 0 Å². The summed E-state index contributed by atoms with van der Waals surface area (Å²) in [5.74, 6) is 0.0644. The fraction of sp³-hybridized carbons (Fsp3) is 0.538. The van der Waals surface area contributed by atoms with Crippen LogP contribution in [0.1, 0.15) is 24.2 Å². The Morgan fingerprint density at radius 1 is 1.44 bits per heavy atom. The zero-order chi connectivity index (χ0) is 13.0. The molecule has 0 spiro atoms. The molecule has 1 aromatic heterocycles. The number of carbonyl (C=O) groups is 1. The smallest absolute Gasteiger partial charge is 0.256 e. The second-order valence-corrected chi connectivity index (χ2v) is 5.99. The molecule has 0 unspecified atom stereocenters. The Hall–Kier alpha value is -1.07. The predicted molar refractivity (Wildman–Crippen MR) is 72.0 cm³/mol. The molecule has 4 nitrogen and oxygen atoms in total. The van der Waals surface area contributed by atoms with Crippen LogP contribution in [0, 0.1) is 0 Å². The van der Waals surface area contributed by atoms with E-state index in [-0.39, 0.29) is 5.91 Å². The number of nitrogens with zero attached hydrogens (tertiary/aromatic N) is 2. The van der Waals surface area contributed by atoms with Crippen LogP contribution in [0.4, 0.5) is 0 Å². The molecule has 0 atom stereocenters. The first-order chi connectivity index (χ1) is 8.68. The van der Waals surface area contributed by atoms with Gasteiger partial charge in [-0.1, -0.05) is 13.8 Å². The van der Waals surface area contributed by atoms with Gasteiger partial charge in [0.1, 0.15) is 5.03 Å². The van der Waals surface area contributed by atoms with Crippen LogP contribution < -0.4 is 0 Å². The van der Waals surface area contributed by atoms with E-state index in [1.54, 1.807) is 18.0 Å². The molecule has 98 valence electrons. The van der Waals surface area contributed by atoms with Gasteiger partial charge in [0.25, 0.3) is 5.91 Å². The van der Waals surface area contributed by atoms with Gasteiger partial charge in [0, 0.05) is 24.5 Å². The Morgan fingerprint density at radius 3 is 2.83 bits per heavy atom. The number of morpholine rings is 1. The van der Waals surface area contributed by atoms with Gasteiger partial charge in [0.15, 0.2) is 0 Å². The van der Waals surface area contributed by atoms with E-state index in [0.29, 0.717) is 37.1 Å². The summed E-state index contributed by atoms with van der Waals surface area (Å²) in [4.78, 5) is 18.6. The van der Waals surface area contributed by atoms with E-state index in [1.165, 1.54) is 0 Å². The van der Waals surface area contributed by atoms with Crippen molar-refractivity contribution in [1.29, 1.82) is 0 Å². The fourth-order valence-electron chi connectivity index (χ4n) is 1.81. The Morgan fingerprint density at radius 2 is 2.17 bits per heavy atom. The molecule has 1 amide bonds. The van der Waals surface area contributed by atoms with Crippen molar-refractivity contribution in [1.82, 2.24) is 9.88 Å². The van der Waals surface area contributed by atoms with Crippen LogP contribution in [0.25, 0.3) is 0 Å². The van der Waals surface area contributed by atoms with E-state index < -0.39 is 0 Å². The van der Waals surface area contributed by atoms with E-state index in [2.05, 4.69) is 18.8 Å². The average molecular weight is 266 g/mol. The van der Waals surface area contributed by atoms with Crippen LogP contribution in [0.5, 0.6) is 0 Å². The average Bonchev–Trinajstić information content (AvgIpc) is 2.39. The minimum Gasteiger partial charge on any atom is -0.378 e. The lowest BCUT2D eigenvalue weighted by molar-refractivity contribution is 0.0300. The van der Waals surface area contributed by atoms with Gasteiger partial charge in [-0.2, -0.15) is 0 Å². The summed E-state index contributed by atoms with van der Waals surface area (Å²) in [7, 11) is 0. The lowest BCUT2D eigenvalue weighted by Crippen LogP contribution is -2.40. The van der Waals surface area contributed by atoms with Gasteiger partial charge in [0.05, 0.1) is 18.8 Å². The van der Waals surface area contributed by atoms with Gasteiger partial charge < -0.3 is 9.64 Å². The number of hydrogen-bond acceptors (Lipinski definition) is 4. The van der Waals surface area contributed by atoms with E-state index in [9.17, 15) is 4.79 Å². The lowest BCUT2D eigenvalue weighted by atomic mass is 10.2. The number of amides is 1. The monoisotopic (exact) mass is 266 g/mol. The second kappa shape index (κ2) is 6.20. The van der Waals surface area contributed by atoms with Gasteiger partial charge in [-0.05, 0) is 12.1 Å². The molecule has 0 radical (unpaired) electrons. The summed E-state index contributed by atoms with van der Waals surface area (Å²) in [5.41, 5.74) is 0.707. The molecule has 0 bridgehead atoms. The normalized spacial score (nSPS) is 16.1. The third-order valence-electron chi connectivity index (χ3n) is 2.65. The van der Waals surface area contributed by atoms with Gasteiger partial charge >= 0.3 is 0 Å². The van der Waals surface area contributed by atoms with Crippen molar-refractivity contribution in [3.05, 3.63) is 23.9 Å². The number of aromatic nitrogens is 1. The first kappa shape index (κ1) is 13.4. The summed E-state index contributed by atoms with van der Waals surface area (Å²) in [6, 6.07) is 3.67. The molecule has 1 aliphatic rings. The van der Waals surface area contributed by atoms with Crippen LogP contribution in [0.15, 0.2) is 23.4 Å². The maximum Gasteiger partial charge on any atom is 0.256 e. The number of thioether (sulfide) groups is 1. The first-order valence-electron chi connectivity index (χ1n) is 6.17. The zero-order valence-electron chi connectivity index (χ0n) is 10.8. The van der Waals surface area contributed by atoms with Gasteiger partial charge in [0.2, 0.25) is 0 Å². The van der Waals surface area contributed by atoms with Crippen LogP contribution >= 0.6 is 11.8 Å². The molecule has 1 aromatic rings. The summed E-state index contributed by atoms with van der Waals surface area (Å²) in [6.07, 6.45) is 1.74. The summed E-state index contributed by atoms with van der Waals surface area (Å²) in [6.45, 7) is 6.78. The Bertz CT molecular complexity index is 417. The SMILES string of the molecule is CC(C)Sc1ncccc1C(=O)N1CCOCC1.